The molecule has 0 unspecified atom stereocenters. The van der Waals surface area contributed by atoms with Crippen LogP contribution in [0.3, 0.4) is 0 Å². The first kappa shape index (κ1) is 17.5. The zero-order valence-electron chi connectivity index (χ0n) is 15.5. The Hall–Kier alpha value is -2.96. The molecule has 4 rings (SSSR count). The summed E-state index contributed by atoms with van der Waals surface area (Å²) < 4.78 is 17.0. The first-order valence-electron chi connectivity index (χ1n) is 9.18. The fourth-order valence-electron chi connectivity index (χ4n) is 3.62. The highest BCUT2D eigenvalue weighted by Gasteiger charge is 2.20. The van der Waals surface area contributed by atoms with Gasteiger partial charge in [0, 0.05) is 19.2 Å². The highest BCUT2D eigenvalue weighted by molar-refractivity contribution is 5.96. The van der Waals surface area contributed by atoms with Gasteiger partial charge in [-0.2, -0.15) is 5.10 Å². The van der Waals surface area contributed by atoms with Crippen LogP contribution in [-0.2, 0) is 19.5 Å². The number of nitrogens with zero attached hydrogens (tertiary/aromatic N) is 4. The fraction of sp³-hybridized carbons (Fsp3) is 0.350. The topological polar surface area (TPSA) is 64.7 Å². The number of nitrogens with one attached hydrogen (secondary N) is 1. The van der Waals surface area contributed by atoms with E-state index in [4.69, 9.17) is 0 Å². The standard InChI is InChI=1S/C20H22FN5O/c1-13-19(14(2)26(24-13)17-8-6-15(21)7-9-17)20(27)22-11-16-12-25-10-4-3-5-18(25)23-16/h6-9,12H,3-5,10-11H2,1-2H3,(H,22,27). The predicted molar refractivity (Wildman–Crippen MR) is 99.3 cm³/mol. The number of fused-ring (bicyclic) bond motifs is 1. The van der Waals surface area contributed by atoms with E-state index in [2.05, 4.69) is 20.0 Å². The number of rotatable bonds is 4. The van der Waals surface area contributed by atoms with Gasteiger partial charge in [0.2, 0.25) is 0 Å². The van der Waals surface area contributed by atoms with Crippen molar-refractivity contribution in [1.82, 2.24) is 24.6 Å². The van der Waals surface area contributed by atoms with Crippen LogP contribution < -0.4 is 5.32 Å². The molecule has 6 nitrogen and oxygen atoms in total. The van der Waals surface area contributed by atoms with Crippen LogP contribution in [0.5, 0.6) is 0 Å². The normalized spacial score (nSPS) is 13.4. The third-order valence-electron chi connectivity index (χ3n) is 4.98. The van der Waals surface area contributed by atoms with Gasteiger partial charge in [0.1, 0.15) is 11.6 Å². The van der Waals surface area contributed by atoms with E-state index in [0.29, 0.717) is 17.8 Å². The van der Waals surface area contributed by atoms with Crippen molar-refractivity contribution in [2.24, 2.45) is 0 Å². The summed E-state index contributed by atoms with van der Waals surface area (Å²) in [4.78, 5) is 17.4. The van der Waals surface area contributed by atoms with Gasteiger partial charge in [0.05, 0.1) is 34.9 Å². The van der Waals surface area contributed by atoms with Crippen LogP contribution in [0, 0.1) is 19.7 Å². The third kappa shape index (κ3) is 3.37. The van der Waals surface area contributed by atoms with E-state index in [1.54, 1.807) is 23.7 Å². The van der Waals surface area contributed by atoms with Gasteiger partial charge in [-0.25, -0.2) is 14.1 Å². The van der Waals surface area contributed by atoms with Gasteiger partial charge < -0.3 is 9.88 Å². The highest BCUT2D eigenvalue weighted by Crippen LogP contribution is 2.19. The van der Waals surface area contributed by atoms with Gasteiger partial charge in [-0.05, 0) is 51.0 Å². The fourth-order valence-corrected chi connectivity index (χ4v) is 3.62. The molecule has 0 spiro atoms. The molecule has 0 bridgehead atoms. The van der Waals surface area contributed by atoms with Crippen LogP contribution in [-0.4, -0.2) is 25.2 Å². The Bertz CT molecular complexity index is 963. The van der Waals surface area contributed by atoms with E-state index < -0.39 is 0 Å². The van der Waals surface area contributed by atoms with Gasteiger partial charge in [-0.1, -0.05) is 0 Å². The summed E-state index contributed by atoms with van der Waals surface area (Å²) in [5.41, 5.74) is 3.50. The van der Waals surface area contributed by atoms with E-state index in [1.165, 1.54) is 25.0 Å². The first-order valence-corrected chi connectivity index (χ1v) is 9.18. The molecule has 1 amide bonds. The van der Waals surface area contributed by atoms with Crippen LogP contribution in [0.2, 0.25) is 0 Å². The van der Waals surface area contributed by atoms with Crippen LogP contribution in [0.25, 0.3) is 5.69 Å². The molecular weight excluding hydrogens is 345 g/mol. The molecule has 1 aliphatic heterocycles. The average molecular weight is 367 g/mol. The quantitative estimate of drug-likeness (QED) is 0.771. The molecule has 3 heterocycles. The Morgan fingerprint density at radius 2 is 2.00 bits per heavy atom. The van der Waals surface area contributed by atoms with Crippen LogP contribution >= 0.6 is 0 Å². The van der Waals surface area contributed by atoms with Crippen molar-refractivity contribution in [2.45, 2.75) is 46.2 Å². The monoisotopic (exact) mass is 367 g/mol. The van der Waals surface area contributed by atoms with Gasteiger partial charge >= 0.3 is 0 Å². The lowest BCUT2D eigenvalue weighted by Crippen LogP contribution is -2.24. The molecule has 0 aliphatic carbocycles. The lowest BCUT2D eigenvalue weighted by atomic mass is 10.2. The SMILES string of the molecule is Cc1nn(-c2ccc(F)cc2)c(C)c1C(=O)NCc1cn2c(n1)CCCC2. The molecule has 1 N–H and O–H groups in total. The summed E-state index contributed by atoms with van der Waals surface area (Å²) in [6.45, 7) is 5.03. The Labute approximate surface area is 157 Å². The molecule has 3 aromatic rings. The van der Waals surface area contributed by atoms with Crippen molar-refractivity contribution < 1.29 is 9.18 Å². The highest BCUT2D eigenvalue weighted by atomic mass is 19.1. The first-order chi connectivity index (χ1) is 13.0. The molecular formula is C20H22FN5O. The molecule has 7 heteroatoms. The molecule has 0 fully saturated rings. The molecule has 140 valence electrons. The van der Waals surface area contributed by atoms with E-state index in [-0.39, 0.29) is 11.7 Å². The molecule has 0 saturated carbocycles. The number of hydrogen-bond donors (Lipinski definition) is 1. The summed E-state index contributed by atoms with van der Waals surface area (Å²) >= 11 is 0. The van der Waals surface area contributed by atoms with Gasteiger partial charge in [0.15, 0.2) is 0 Å². The molecule has 0 saturated heterocycles. The van der Waals surface area contributed by atoms with Crippen LogP contribution in [0.4, 0.5) is 4.39 Å². The minimum atomic E-state index is -0.305. The van der Waals surface area contributed by atoms with Crippen LogP contribution in [0.1, 0.15) is 46.1 Å². The van der Waals surface area contributed by atoms with Crippen molar-refractivity contribution >= 4 is 5.91 Å². The maximum atomic E-state index is 13.2. The summed E-state index contributed by atoms with van der Waals surface area (Å²) in [6.07, 6.45) is 5.37. The zero-order valence-corrected chi connectivity index (χ0v) is 15.5. The summed E-state index contributed by atoms with van der Waals surface area (Å²) in [7, 11) is 0. The maximum absolute atomic E-state index is 13.2. The molecule has 1 aromatic carbocycles. The summed E-state index contributed by atoms with van der Waals surface area (Å²) in [5.74, 6) is 0.618. The van der Waals surface area contributed by atoms with E-state index >= 15 is 0 Å². The predicted octanol–water partition coefficient (Wildman–Crippen LogP) is 3.09. The Morgan fingerprint density at radius 1 is 1.22 bits per heavy atom. The number of aromatic nitrogens is 4. The second-order valence-electron chi connectivity index (χ2n) is 6.92. The smallest absolute Gasteiger partial charge is 0.255 e. The van der Waals surface area contributed by atoms with Gasteiger partial charge in [0.25, 0.3) is 5.91 Å². The minimum absolute atomic E-state index is 0.177. The second kappa shape index (κ2) is 6.98. The molecule has 1 aliphatic rings. The summed E-state index contributed by atoms with van der Waals surface area (Å²) in [6, 6.07) is 6.05. The number of carbonyl (C=O) groups excluding carboxylic acids is 1. The number of carbonyl (C=O) groups is 1. The lowest BCUT2D eigenvalue weighted by molar-refractivity contribution is 0.0949. The van der Waals surface area contributed by atoms with E-state index in [9.17, 15) is 9.18 Å². The molecule has 0 radical (unpaired) electrons. The average Bonchev–Trinajstić information content (AvgIpc) is 3.20. The number of amides is 1. The van der Waals surface area contributed by atoms with Crippen molar-refractivity contribution in [1.29, 1.82) is 0 Å². The van der Waals surface area contributed by atoms with Crippen molar-refractivity contribution in [3.8, 4) is 5.69 Å². The Kier molecular flexibility index (Phi) is 4.51. The van der Waals surface area contributed by atoms with Gasteiger partial charge in [-0.15, -0.1) is 0 Å². The van der Waals surface area contributed by atoms with Crippen molar-refractivity contribution in [3.63, 3.8) is 0 Å². The number of halogens is 1. The lowest BCUT2D eigenvalue weighted by Gasteiger charge is -2.11. The van der Waals surface area contributed by atoms with E-state index in [0.717, 1.165) is 35.9 Å². The minimum Gasteiger partial charge on any atom is -0.346 e. The number of benzene rings is 1. The second-order valence-corrected chi connectivity index (χ2v) is 6.92. The number of hydrogen-bond acceptors (Lipinski definition) is 3. The molecule has 2 aromatic heterocycles. The Balaban J connectivity index is 1.52. The zero-order chi connectivity index (χ0) is 19.0. The van der Waals surface area contributed by atoms with Crippen molar-refractivity contribution in [3.05, 3.63) is 64.7 Å². The maximum Gasteiger partial charge on any atom is 0.255 e. The van der Waals surface area contributed by atoms with Gasteiger partial charge in [-0.3, -0.25) is 4.79 Å². The van der Waals surface area contributed by atoms with Crippen LogP contribution in [0.15, 0.2) is 30.5 Å². The Morgan fingerprint density at radius 3 is 2.74 bits per heavy atom. The number of aryl methyl sites for hydroxylation is 3. The third-order valence-corrected chi connectivity index (χ3v) is 4.98. The van der Waals surface area contributed by atoms with Crippen molar-refractivity contribution in [2.75, 3.05) is 0 Å². The summed E-state index contributed by atoms with van der Waals surface area (Å²) in [5, 5.41) is 7.40. The van der Waals surface area contributed by atoms with E-state index in [1.807, 2.05) is 13.1 Å². The number of imidazole rings is 1. The molecule has 0 atom stereocenters. The molecule has 27 heavy (non-hydrogen) atoms. The largest absolute Gasteiger partial charge is 0.346 e.